The Morgan fingerprint density at radius 2 is 2.32 bits per heavy atom. The molecule has 1 atom stereocenters. The Bertz CT molecular complexity index is 627. The van der Waals surface area contributed by atoms with E-state index in [2.05, 4.69) is 16.8 Å². The highest BCUT2D eigenvalue weighted by Crippen LogP contribution is 2.34. The van der Waals surface area contributed by atoms with Gasteiger partial charge in [-0.1, -0.05) is 18.2 Å². The van der Waals surface area contributed by atoms with Crippen LogP contribution in [0.3, 0.4) is 0 Å². The molecule has 0 unspecified atom stereocenters. The molecule has 1 aromatic heterocycles. The van der Waals surface area contributed by atoms with Crippen LogP contribution in [0, 0.1) is 0 Å². The fourth-order valence-corrected chi connectivity index (χ4v) is 3.72. The predicted molar refractivity (Wildman–Crippen MR) is 88.2 cm³/mol. The van der Waals surface area contributed by atoms with Crippen LogP contribution in [0.2, 0.25) is 0 Å². The average molecular weight is 316 g/mol. The first-order valence-corrected chi connectivity index (χ1v) is 8.36. The van der Waals surface area contributed by atoms with E-state index in [1.165, 1.54) is 4.88 Å². The van der Waals surface area contributed by atoms with Crippen LogP contribution in [0.25, 0.3) is 0 Å². The molecule has 0 bridgehead atoms. The van der Waals surface area contributed by atoms with E-state index in [4.69, 9.17) is 4.74 Å². The van der Waals surface area contributed by atoms with Crippen molar-refractivity contribution in [3.8, 4) is 5.75 Å². The number of amides is 2. The van der Waals surface area contributed by atoms with Crippen LogP contribution in [-0.4, -0.2) is 24.6 Å². The molecule has 3 rings (SSSR count). The van der Waals surface area contributed by atoms with E-state index >= 15 is 0 Å². The second-order valence-corrected chi connectivity index (χ2v) is 6.36. The third-order valence-corrected chi connectivity index (χ3v) is 4.94. The number of nitrogens with zero attached hydrogens (tertiary/aromatic N) is 1. The molecule has 2 aromatic rings. The minimum atomic E-state index is 0.0127. The Labute approximate surface area is 134 Å². The van der Waals surface area contributed by atoms with Gasteiger partial charge in [-0.25, -0.2) is 4.79 Å². The lowest BCUT2D eigenvalue weighted by atomic mass is 10.2. The highest BCUT2D eigenvalue weighted by Gasteiger charge is 2.30. The van der Waals surface area contributed by atoms with Gasteiger partial charge in [-0.05, 0) is 42.0 Å². The van der Waals surface area contributed by atoms with E-state index in [0.29, 0.717) is 6.54 Å². The van der Waals surface area contributed by atoms with Gasteiger partial charge in [0.15, 0.2) is 0 Å². The second-order valence-electron chi connectivity index (χ2n) is 5.38. The van der Waals surface area contributed by atoms with Crippen LogP contribution >= 0.6 is 11.3 Å². The zero-order valence-electron chi connectivity index (χ0n) is 12.6. The van der Waals surface area contributed by atoms with E-state index in [-0.39, 0.29) is 12.1 Å². The van der Waals surface area contributed by atoms with Crippen molar-refractivity contribution in [3.05, 3.63) is 52.2 Å². The molecule has 1 saturated heterocycles. The van der Waals surface area contributed by atoms with Crippen LogP contribution in [0.4, 0.5) is 4.79 Å². The van der Waals surface area contributed by atoms with E-state index in [1.54, 1.807) is 18.4 Å². The fourth-order valence-electron chi connectivity index (χ4n) is 2.85. The minimum Gasteiger partial charge on any atom is -0.497 e. The van der Waals surface area contributed by atoms with Gasteiger partial charge in [0.05, 0.1) is 13.2 Å². The largest absolute Gasteiger partial charge is 0.497 e. The predicted octanol–water partition coefficient (Wildman–Crippen LogP) is 3.80. The Hall–Kier alpha value is -2.01. The van der Waals surface area contributed by atoms with Gasteiger partial charge in [0, 0.05) is 18.0 Å². The Balaban J connectivity index is 1.61. The Morgan fingerprint density at radius 1 is 1.41 bits per heavy atom. The Morgan fingerprint density at radius 3 is 3.09 bits per heavy atom. The van der Waals surface area contributed by atoms with Crippen molar-refractivity contribution in [1.29, 1.82) is 0 Å². The molecule has 0 saturated carbocycles. The van der Waals surface area contributed by atoms with Crippen molar-refractivity contribution in [3.63, 3.8) is 0 Å². The van der Waals surface area contributed by atoms with E-state index < -0.39 is 0 Å². The molecular formula is C17H20N2O2S. The zero-order valence-corrected chi connectivity index (χ0v) is 13.4. The molecule has 22 heavy (non-hydrogen) atoms. The highest BCUT2D eigenvalue weighted by atomic mass is 32.1. The summed E-state index contributed by atoms with van der Waals surface area (Å²) in [5.74, 6) is 0.810. The lowest BCUT2D eigenvalue weighted by Crippen LogP contribution is -2.38. The van der Waals surface area contributed by atoms with Gasteiger partial charge >= 0.3 is 6.03 Å². The first-order valence-electron chi connectivity index (χ1n) is 7.49. The van der Waals surface area contributed by atoms with Crippen molar-refractivity contribution in [2.75, 3.05) is 13.7 Å². The van der Waals surface area contributed by atoms with Crippen molar-refractivity contribution < 1.29 is 9.53 Å². The van der Waals surface area contributed by atoms with E-state index in [1.807, 2.05) is 35.2 Å². The summed E-state index contributed by atoms with van der Waals surface area (Å²) in [6, 6.07) is 12.2. The molecule has 5 heteroatoms. The van der Waals surface area contributed by atoms with Crippen LogP contribution in [-0.2, 0) is 6.54 Å². The SMILES string of the molecule is COc1cccc(CNC(=O)N2CCC[C@@H]2c2cccs2)c1. The van der Waals surface area contributed by atoms with Gasteiger partial charge < -0.3 is 15.0 Å². The number of ether oxygens (including phenoxy) is 1. The molecule has 0 aliphatic carbocycles. The number of thiophene rings is 1. The Kier molecular flexibility index (Phi) is 4.63. The van der Waals surface area contributed by atoms with Crippen molar-refractivity contribution in [2.24, 2.45) is 0 Å². The van der Waals surface area contributed by atoms with Gasteiger partial charge in [-0.15, -0.1) is 11.3 Å². The number of hydrogen-bond donors (Lipinski definition) is 1. The minimum absolute atomic E-state index is 0.0127. The first kappa shape index (κ1) is 14.9. The van der Waals surface area contributed by atoms with Crippen molar-refractivity contribution in [1.82, 2.24) is 10.2 Å². The third kappa shape index (κ3) is 3.25. The summed E-state index contributed by atoms with van der Waals surface area (Å²) in [7, 11) is 1.65. The summed E-state index contributed by atoms with van der Waals surface area (Å²) in [4.78, 5) is 15.7. The lowest BCUT2D eigenvalue weighted by Gasteiger charge is -2.24. The number of urea groups is 1. The summed E-state index contributed by atoms with van der Waals surface area (Å²) in [6.07, 6.45) is 2.11. The molecule has 1 aliphatic heterocycles. The number of carbonyl (C=O) groups excluding carboxylic acids is 1. The molecule has 1 fully saturated rings. The zero-order chi connectivity index (χ0) is 15.4. The van der Waals surface area contributed by atoms with Gasteiger partial charge in [-0.2, -0.15) is 0 Å². The van der Waals surface area contributed by atoms with Gasteiger partial charge in [0.1, 0.15) is 5.75 Å². The number of rotatable bonds is 4. The maximum absolute atomic E-state index is 12.5. The first-order chi connectivity index (χ1) is 10.8. The average Bonchev–Trinajstić information content (AvgIpc) is 3.23. The lowest BCUT2D eigenvalue weighted by molar-refractivity contribution is 0.193. The molecule has 2 heterocycles. The number of carbonyl (C=O) groups is 1. The summed E-state index contributed by atoms with van der Waals surface area (Å²) in [6.45, 7) is 1.34. The number of nitrogens with one attached hydrogen (secondary N) is 1. The number of benzene rings is 1. The summed E-state index contributed by atoms with van der Waals surface area (Å²) >= 11 is 1.72. The molecule has 1 aliphatic rings. The molecule has 4 nitrogen and oxygen atoms in total. The van der Waals surface area contributed by atoms with Crippen LogP contribution in [0.5, 0.6) is 5.75 Å². The van der Waals surface area contributed by atoms with Crippen LogP contribution in [0.15, 0.2) is 41.8 Å². The standard InChI is InChI=1S/C17H20N2O2S/c1-21-14-6-2-5-13(11-14)12-18-17(20)19-9-3-7-15(19)16-8-4-10-22-16/h2,4-6,8,10-11,15H,3,7,9,12H2,1H3,(H,18,20)/t15-/m1/s1. The second kappa shape index (κ2) is 6.83. The fraction of sp³-hybridized carbons (Fsp3) is 0.353. The molecule has 0 radical (unpaired) electrons. The number of methoxy groups -OCH3 is 1. The topological polar surface area (TPSA) is 41.6 Å². The third-order valence-electron chi connectivity index (χ3n) is 3.96. The normalized spacial score (nSPS) is 17.5. The van der Waals surface area contributed by atoms with Crippen LogP contribution in [0.1, 0.15) is 29.3 Å². The maximum atomic E-state index is 12.5. The smallest absolute Gasteiger partial charge is 0.318 e. The van der Waals surface area contributed by atoms with E-state index in [0.717, 1.165) is 30.7 Å². The maximum Gasteiger partial charge on any atom is 0.318 e. The molecule has 0 spiro atoms. The monoisotopic (exact) mass is 316 g/mol. The molecular weight excluding hydrogens is 296 g/mol. The van der Waals surface area contributed by atoms with Gasteiger partial charge in [0.25, 0.3) is 0 Å². The quantitative estimate of drug-likeness (QED) is 0.932. The van der Waals surface area contributed by atoms with Crippen LogP contribution < -0.4 is 10.1 Å². The van der Waals surface area contributed by atoms with Gasteiger partial charge in [-0.3, -0.25) is 0 Å². The summed E-state index contributed by atoms with van der Waals surface area (Å²) < 4.78 is 5.21. The molecule has 2 amide bonds. The summed E-state index contributed by atoms with van der Waals surface area (Å²) in [5, 5.41) is 5.09. The molecule has 1 N–H and O–H groups in total. The number of hydrogen-bond acceptors (Lipinski definition) is 3. The number of likely N-dealkylation sites (tertiary alicyclic amines) is 1. The van der Waals surface area contributed by atoms with Gasteiger partial charge in [0.2, 0.25) is 0 Å². The molecule has 1 aromatic carbocycles. The van der Waals surface area contributed by atoms with Crippen molar-refractivity contribution in [2.45, 2.75) is 25.4 Å². The highest BCUT2D eigenvalue weighted by molar-refractivity contribution is 7.10. The van der Waals surface area contributed by atoms with E-state index in [9.17, 15) is 4.79 Å². The summed E-state index contributed by atoms with van der Waals surface area (Å²) in [5.41, 5.74) is 1.04. The van der Waals surface area contributed by atoms with Crippen molar-refractivity contribution >= 4 is 17.4 Å². The molecule has 116 valence electrons.